The molecule has 1 aliphatic heterocycles. The van der Waals surface area contributed by atoms with E-state index in [2.05, 4.69) is 20.4 Å². The summed E-state index contributed by atoms with van der Waals surface area (Å²) >= 11 is 0. The van der Waals surface area contributed by atoms with Gasteiger partial charge in [-0.15, -0.1) is 0 Å². The summed E-state index contributed by atoms with van der Waals surface area (Å²) in [6.45, 7) is 12.3. The van der Waals surface area contributed by atoms with Crippen molar-refractivity contribution in [1.29, 1.82) is 0 Å². The summed E-state index contributed by atoms with van der Waals surface area (Å²) in [6, 6.07) is -0.188. The third-order valence-corrected chi connectivity index (χ3v) is 8.24. The Morgan fingerprint density at radius 1 is 1.52 bits per heavy atom. The highest BCUT2D eigenvalue weighted by Gasteiger charge is 2.43. The Bertz CT molecular complexity index is 378. The molecular formula is C15H29NO4Si. The molecule has 0 unspecified atom stereocenters. The van der Waals surface area contributed by atoms with Crippen molar-refractivity contribution in [1.82, 2.24) is 4.90 Å². The number of rotatable bonds is 6. The molecule has 2 N–H and O–H groups in total. The monoisotopic (exact) mass is 315 g/mol. The number of hydrogen-bond acceptors (Lipinski definition) is 4. The Hall–Kier alpha value is -0.853. The molecule has 0 saturated carbocycles. The molecule has 5 nitrogen and oxygen atoms in total. The molecule has 0 aromatic heterocycles. The Morgan fingerprint density at radius 2 is 2.14 bits per heavy atom. The van der Waals surface area contributed by atoms with Crippen LogP contribution >= 0.6 is 0 Å². The van der Waals surface area contributed by atoms with Crippen molar-refractivity contribution in [2.75, 3.05) is 19.8 Å². The maximum atomic E-state index is 12.0. The van der Waals surface area contributed by atoms with Crippen molar-refractivity contribution < 1.29 is 19.4 Å². The van der Waals surface area contributed by atoms with Gasteiger partial charge in [-0.25, -0.2) is 4.79 Å². The highest BCUT2D eigenvalue weighted by molar-refractivity contribution is 6.72. The molecule has 0 aromatic carbocycles. The third kappa shape index (κ3) is 4.56. The van der Waals surface area contributed by atoms with E-state index < -0.39 is 14.4 Å². The number of hydrogen-bond donors (Lipinski definition) is 2. The fourth-order valence-electron chi connectivity index (χ4n) is 2.74. The van der Waals surface area contributed by atoms with Gasteiger partial charge in [0, 0.05) is 6.54 Å². The average molecular weight is 315 g/mol. The van der Waals surface area contributed by atoms with Crippen LogP contribution in [0.15, 0.2) is 12.7 Å². The lowest BCUT2D eigenvalue weighted by molar-refractivity contribution is 0.0920. The highest BCUT2D eigenvalue weighted by atomic mass is 28.4. The second-order valence-electron chi connectivity index (χ2n) is 7.10. The van der Waals surface area contributed by atoms with E-state index in [4.69, 9.17) is 4.74 Å². The predicted molar refractivity (Wildman–Crippen MR) is 85.6 cm³/mol. The maximum Gasteiger partial charge on any atom is 0.410 e. The van der Waals surface area contributed by atoms with E-state index in [1.165, 1.54) is 6.08 Å². The summed E-state index contributed by atoms with van der Waals surface area (Å²) in [5.74, 6) is 0.285. The van der Waals surface area contributed by atoms with Gasteiger partial charge >= 0.3 is 6.09 Å². The van der Waals surface area contributed by atoms with E-state index in [-0.39, 0.29) is 30.2 Å². The highest BCUT2D eigenvalue weighted by Crippen LogP contribution is 2.44. The van der Waals surface area contributed by atoms with E-state index in [1.54, 1.807) is 4.90 Å². The summed E-state index contributed by atoms with van der Waals surface area (Å²) in [6.07, 6.45) is 2.75. The molecule has 6 heteroatoms. The van der Waals surface area contributed by atoms with Gasteiger partial charge in [-0.3, -0.25) is 0 Å². The van der Waals surface area contributed by atoms with Crippen LogP contribution in [0.25, 0.3) is 0 Å². The molecule has 0 aliphatic carbocycles. The Kier molecular flexibility index (Phi) is 6.01. The smallest absolute Gasteiger partial charge is 0.410 e. The van der Waals surface area contributed by atoms with Gasteiger partial charge in [0.25, 0.3) is 0 Å². The molecule has 122 valence electrons. The lowest BCUT2D eigenvalue weighted by Gasteiger charge is -2.37. The van der Waals surface area contributed by atoms with Crippen LogP contribution < -0.4 is 0 Å². The molecule has 1 saturated heterocycles. The fraction of sp³-hybridized carbons (Fsp3) is 0.800. The van der Waals surface area contributed by atoms with E-state index in [9.17, 15) is 14.7 Å². The first-order valence-electron chi connectivity index (χ1n) is 7.50. The van der Waals surface area contributed by atoms with E-state index in [1.807, 2.05) is 13.1 Å². The second kappa shape index (κ2) is 6.94. The number of carbonyl (C=O) groups is 1. The number of likely N-dealkylation sites (tertiary alicyclic amines) is 1. The van der Waals surface area contributed by atoms with Crippen LogP contribution in [0.1, 0.15) is 26.7 Å². The van der Waals surface area contributed by atoms with Crippen molar-refractivity contribution in [3.8, 4) is 0 Å². The first-order valence-corrected chi connectivity index (χ1v) is 10.4. The Labute approximate surface area is 128 Å². The molecule has 1 rings (SSSR count). The number of carbonyl (C=O) groups excluding carboxylic acids is 1. The minimum absolute atomic E-state index is 0.0555. The van der Waals surface area contributed by atoms with Crippen LogP contribution in [0.2, 0.25) is 18.1 Å². The summed E-state index contributed by atoms with van der Waals surface area (Å²) in [5, 5.41) is 9.35. The number of aliphatic hydroxyl groups is 1. The molecule has 0 bridgehead atoms. The minimum Gasteiger partial charge on any atom is -0.445 e. The summed E-state index contributed by atoms with van der Waals surface area (Å²) in [5.41, 5.74) is 0. The molecule has 0 spiro atoms. The Morgan fingerprint density at radius 3 is 2.62 bits per heavy atom. The van der Waals surface area contributed by atoms with E-state index >= 15 is 0 Å². The van der Waals surface area contributed by atoms with Crippen molar-refractivity contribution in [3.63, 3.8) is 0 Å². The molecule has 21 heavy (non-hydrogen) atoms. The fourth-order valence-corrected chi connectivity index (χ4v) is 3.53. The van der Waals surface area contributed by atoms with E-state index in [0.29, 0.717) is 6.54 Å². The van der Waals surface area contributed by atoms with Gasteiger partial charge in [-0.2, -0.15) is 0 Å². The van der Waals surface area contributed by atoms with Gasteiger partial charge in [0.15, 0.2) is 8.32 Å². The molecule has 2 atom stereocenters. The number of ether oxygens (including phenoxy) is 1. The molecule has 1 fully saturated rings. The number of nitrogens with zero attached hydrogens (tertiary/aromatic N) is 1. The quantitative estimate of drug-likeness (QED) is 0.583. The first-order chi connectivity index (χ1) is 9.62. The lowest BCUT2D eigenvalue weighted by atomic mass is 9.94. The van der Waals surface area contributed by atoms with Crippen LogP contribution in [0, 0.1) is 5.92 Å². The largest absolute Gasteiger partial charge is 0.445 e. The maximum absolute atomic E-state index is 12.0. The minimum atomic E-state index is -2.27. The second-order valence-corrected chi connectivity index (χ2v) is 11.6. The van der Waals surface area contributed by atoms with Gasteiger partial charge in [0.05, 0.1) is 12.6 Å². The standard InChI is InChI=1S/C15H29NO4Si/c1-6-7-20-14(18)16-10-12(8-13(16)11-17)9-15(2,3)21(4,5)19/h6,12-13,17,19H,1,7-11H2,2-5H3/t12-,13-/m0/s1. The molecule has 0 radical (unpaired) electrons. The third-order valence-electron chi connectivity index (χ3n) is 4.73. The van der Waals surface area contributed by atoms with Crippen molar-refractivity contribution in [2.24, 2.45) is 5.92 Å². The lowest BCUT2D eigenvalue weighted by Crippen LogP contribution is -2.40. The average Bonchev–Trinajstić information content (AvgIpc) is 2.76. The van der Waals surface area contributed by atoms with Crippen LogP contribution in [0.3, 0.4) is 0 Å². The summed E-state index contributed by atoms with van der Waals surface area (Å²) < 4.78 is 5.07. The normalized spacial score (nSPS) is 23.2. The zero-order valence-corrected chi connectivity index (χ0v) is 14.6. The van der Waals surface area contributed by atoms with Crippen LogP contribution in [0.5, 0.6) is 0 Å². The van der Waals surface area contributed by atoms with Crippen molar-refractivity contribution in [2.45, 2.75) is 50.9 Å². The molecular weight excluding hydrogens is 286 g/mol. The van der Waals surface area contributed by atoms with Crippen LogP contribution in [0.4, 0.5) is 4.79 Å². The van der Waals surface area contributed by atoms with Gasteiger partial charge in [0.2, 0.25) is 0 Å². The molecule has 1 aliphatic rings. The number of amides is 1. The van der Waals surface area contributed by atoms with Crippen LogP contribution in [-0.2, 0) is 4.74 Å². The van der Waals surface area contributed by atoms with E-state index in [0.717, 1.165) is 12.8 Å². The zero-order valence-electron chi connectivity index (χ0n) is 13.6. The topological polar surface area (TPSA) is 70.0 Å². The summed E-state index contributed by atoms with van der Waals surface area (Å²) in [7, 11) is -2.27. The Balaban J connectivity index is 2.69. The SMILES string of the molecule is C=CCOC(=O)N1C[C@H](CC(C)(C)[Si](C)(C)O)C[C@H]1CO. The first kappa shape index (κ1) is 18.2. The molecule has 1 heterocycles. The number of aliphatic hydroxyl groups excluding tert-OH is 1. The summed E-state index contributed by atoms with van der Waals surface area (Å²) in [4.78, 5) is 24.0. The van der Waals surface area contributed by atoms with Crippen molar-refractivity contribution in [3.05, 3.63) is 12.7 Å². The van der Waals surface area contributed by atoms with Gasteiger partial charge in [-0.05, 0) is 36.9 Å². The van der Waals surface area contributed by atoms with Gasteiger partial charge in [-0.1, -0.05) is 26.5 Å². The van der Waals surface area contributed by atoms with Crippen molar-refractivity contribution >= 4 is 14.4 Å². The molecule has 1 amide bonds. The van der Waals surface area contributed by atoms with Gasteiger partial charge < -0.3 is 19.5 Å². The van der Waals surface area contributed by atoms with Gasteiger partial charge in [0.1, 0.15) is 6.61 Å². The van der Waals surface area contributed by atoms with Crippen LogP contribution in [-0.4, -0.2) is 55.0 Å². The molecule has 0 aromatic rings. The predicted octanol–water partition coefficient (Wildman–Crippen LogP) is 2.36. The zero-order chi connectivity index (χ0) is 16.3.